The molecule has 0 spiro atoms. The van der Waals surface area contributed by atoms with Crippen LogP contribution in [0.5, 0.6) is 0 Å². The summed E-state index contributed by atoms with van der Waals surface area (Å²) < 4.78 is 4.56. The zero-order valence-corrected chi connectivity index (χ0v) is 40.3. The van der Waals surface area contributed by atoms with Gasteiger partial charge < -0.3 is 9.13 Å². The summed E-state index contributed by atoms with van der Waals surface area (Å²) in [4.78, 5) is 20.2. The SMILES string of the molecule is N#Cc1ccc(-c2ccc3c(c2)c2ccccc2n3-c2ccncc2-c2ccc(-c3nc(-c4ccccc4)nc(-c4ccccc4)n3)cc2-n2c3ccccc3c3cc(-c4ccc(C#N)cc4C#N)ccc32)c(C#N)c1. The van der Waals surface area contributed by atoms with Crippen LogP contribution in [0.15, 0.2) is 219 Å². The lowest BCUT2D eigenvalue weighted by molar-refractivity contribution is 1.07. The molecule has 0 aliphatic carbocycles. The third-order valence-corrected chi connectivity index (χ3v) is 14.0. The van der Waals surface area contributed by atoms with Gasteiger partial charge in [0.15, 0.2) is 17.5 Å². The van der Waals surface area contributed by atoms with E-state index in [0.717, 1.165) is 105 Å². The molecule has 0 unspecified atom stereocenters. The van der Waals surface area contributed by atoms with Gasteiger partial charge in [0.2, 0.25) is 0 Å². The molecule has 4 heterocycles. The summed E-state index contributed by atoms with van der Waals surface area (Å²) >= 11 is 0. The Bertz CT molecular complexity index is 4640. The number of nitriles is 4. The number of pyridine rings is 1. The van der Waals surface area contributed by atoms with Gasteiger partial charge in [-0.3, -0.25) is 4.98 Å². The number of fused-ring (bicyclic) bond motifs is 6. The van der Waals surface area contributed by atoms with Crippen molar-refractivity contribution in [2.24, 2.45) is 0 Å². The van der Waals surface area contributed by atoms with Crippen molar-refractivity contribution in [1.82, 2.24) is 29.1 Å². The second kappa shape index (κ2) is 18.4. The molecule has 0 saturated carbocycles. The van der Waals surface area contributed by atoms with Crippen LogP contribution in [0.3, 0.4) is 0 Å². The number of aromatic nitrogens is 6. The summed E-state index contributed by atoms with van der Waals surface area (Å²) in [7, 11) is 0. The van der Waals surface area contributed by atoms with Crippen molar-refractivity contribution in [2.75, 3.05) is 0 Å². The molecule has 13 rings (SSSR count). The lowest BCUT2D eigenvalue weighted by Gasteiger charge is -2.19. The van der Waals surface area contributed by atoms with E-state index in [1.165, 1.54) is 0 Å². The number of hydrogen-bond acceptors (Lipinski definition) is 8. The Morgan fingerprint density at radius 3 is 1.28 bits per heavy atom. The second-order valence-corrected chi connectivity index (χ2v) is 18.3. The minimum absolute atomic E-state index is 0.422. The van der Waals surface area contributed by atoms with Crippen molar-refractivity contribution in [3.05, 3.63) is 241 Å². The minimum atomic E-state index is 0.422. The molecular formula is C66H36N10. The summed E-state index contributed by atoms with van der Waals surface area (Å²) in [6.45, 7) is 0. The van der Waals surface area contributed by atoms with E-state index >= 15 is 0 Å². The van der Waals surface area contributed by atoms with E-state index in [2.05, 4.69) is 100 Å². The number of nitrogens with zero attached hydrogens (tertiary/aromatic N) is 10. The fraction of sp³-hybridized carbons (Fsp3) is 0. The van der Waals surface area contributed by atoms with Gasteiger partial charge in [0.05, 0.1) is 80.0 Å². The highest BCUT2D eigenvalue weighted by molar-refractivity contribution is 6.13. The van der Waals surface area contributed by atoms with Gasteiger partial charge >= 0.3 is 0 Å². The molecule has 4 aromatic heterocycles. The van der Waals surface area contributed by atoms with E-state index in [4.69, 9.17) is 19.9 Å². The van der Waals surface area contributed by atoms with Crippen LogP contribution >= 0.6 is 0 Å². The largest absolute Gasteiger partial charge is 0.309 e. The predicted molar refractivity (Wildman–Crippen MR) is 298 cm³/mol. The van der Waals surface area contributed by atoms with Gasteiger partial charge in [-0.2, -0.15) is 21.0 Å². The maximum absolute atomic E-state index is 10.3. The molecule has 0 fully saturated rings. The highest BCUT2D eigenvalue weighted by Crippen LogP contribution is 2.43. The molecule has 0 aliphatic heterocycles. The molecule has 0 saturated heterocycles. The van der Waals surface area contributed by atoms with Crippen LogP contribution in [0.1, 0.15) is 22.3 Å². The third-order valence-electron chi connectivity index (χ3n) is 14.0. The Morgan fingerprint density at radius 1 is 0.316 bits per heavy atom. The molecule has 13 aromatic rings. The fourth-order valence-corrected chi connectivity index (χ4v) is 10.5. The molecule has 0 N–H and O–H groups in total. The first-order valence-electron chi connectivity index (χ1n) is 24.4. The third kappa shape index (κ3) is 7.47. The standard InChI is InChI=1S/C66H36N10/c67-36-41-19-24-50(48(31-41)38-69)45-22-27-60-55(33-45)52-15-7-9-17-58(52)75(60)62-29-30-71-40-57(62)54-26-21-47(66-73-64(43-11-3-1-4-12-43)72-65(74-66)44-13-5-2-6-14-44)35-63(54)76-59-18-10-8-16-53(59)56-34-46(23-28-61(56)76)51-25-20-42(37-68)32-49(51)39-70/h1-35,40H. The molecule has 76 heavy (non-hydrogen) atoms. The zero-order chi connectivity index (χ0) is 51.3. The number of rotatable bonds is 8. The van der Waals surface area contributed by atoms with E-state index in [1.807, 2.05) is 128 Å². The van der Waals surface area contributed by atoms with Gasteiger partial charge in [-0.25, -0.2) is 15.0 Å². The van der Waals surface area contributed by atoms with Crippen LogP contribution in [0.2, 0.25) is 0 Å². The Balaban J connectivity index is 1.07. The van der Waals surface area contributed by atoms with Gasteiger partial charge in [0.1, 0.15) is 0 Å². The molecule has 10 nitrogen and oxygen atoms in total. The molecule has 9 aromatic carbocycles. The Labute approximate surface area is 435 Å². The number of benzene rings is 9. The Hall–Kier alpha value is -11.3. The van der Waals surface area contributed by atoms with Crippen LogP contribution in [0.25, 0.3) is 123 Å². The fourth-order valence-electron chi connectivity index (χ4n) is 10.5. The zero-order valence-electron chi connectivity index (χ0n) is 40.3. The second-order valence-electron chi connectivity index (χ2n) is 18.3. The van der Waals surface area contributed by atoms with Gasteiger partial charge in [0.25, 0.3) is 0 Å². The van der Waals surface area contributed by atoms with E-state index in [1.54, 1.807) is 24.3 Å². The molecule has 0 aliphatic rings. The van der Waals surface area contributed by atoms with Crippen LogP contribution in [-0.2, 0) is 0 Å². The molecule has 0 bridgehead atoms. The van der Waals surface area contributed by atoms with Crippen molar-refractivity contribution in [3.63, 3.8) is 0 Å². The highest BCUT2D eigenvalue weighted by atomic mass is 15.0. The Kier molecular flexibility index (Phi) is 10.8. The average Bonchev–Trinajstić information content (AvgIpc) is 4.06. The average molecular weight is 969 g/mol. The van der Waals surface area contributed by atoms with Gasteiger partial charge in [-0.1, -0.05) is 133 Å². The molecular weight excluding hydrogens is 933 g/mol. The molecule has 0 amide bonds. The highest BCUT2D eigenvalue weighted by Gasteiger charge is 2.24. The minimum Gasteiger partial charge on any atom is -0.309 e. The first kappa shape index (κ1) is 44.6. The molecule has 0 radical (unpaired) electrons. The van der Waals surface area contributed by atoms with Gasteiger partial charge in [0, 0.05) is 61.8 Å². The summed E-state index contributed by atoms with van der Waals surface area (Å²) in [5, 5.41) is 43.7. The van der Waals surface area contributed by atoms with Gasteiger partial charge in [-0.15, -0.1) is 0 Å². The van der Waals surface area contributed by atoms with Crippen molar-refractivity contribution >= 4 is 43.6 Å². The van der Waals surface area contributed by atoms with E-state index in [9.17, 15) is 21.0 Å². The molecule has 350 valence electrons. The molecule has 0 atom stereocenters. The van der Waals surface area contributed by atoms with E-state index in [0.29, 0.717) is 39.7 Å². The normalized spacial score (nSPS) is 11.1. The van der Waals surface area contributed by atoms with Crippen molar-refractivity contribution < 1.29 is 0 Å². The maximum atomic E-state index is 10.3. The quantitative estimate of drug-likeness (QED) is 0.146. The van der Waals surface area contributed by atoms with E-state index < -0.39 is 0 Å². The summed E-state index contributed by atoms with van der Waals surface area (Å²) in [5.74, 6) is 1.59. The van der Waals surface area contributed by atoms with Crippen molar-refractivity contribution in [2.45, 2.75) is 0 Å². The summed E-state index contributed by atoms with van der Waals surface area (Å²) in [6, 6.07) is 76.8. The van der Waals surface area contributed by atoms with Gasteiger partial charge in [-0.05, 0) is 95.1 Å². The van der Waals surface area contributed by atoms with Crippen LogP contribution in [-0.4, -0.2) is 29.1 Å². The van der Waals surface area contributed by atoms with Crippen molar-refractivity contribution in [1.29, 1.82) is 21.0 Å². The summed E-state index contributed by atoms with van der Waals surface area (Å²) in [5.41, 5.74) is 14.7. The van der Waals surface area contributed by atoms with Crippen molar-refractivity contribution in [3.8, 4) is 103 Å². The lowest BCUT2D eigenvalue weighted by Crippen LogP contribution is -2.04. The maximum Gasteiger partial charge on any atom is 0.164 e. The lowest BCUT2D eigenvalue weighted by atomic mass is 9.97. The van der Waals surface area contributed by atoms with Crippen LogP contribution in [0, 0.1) is 45.3 Å². The monoisotopic (exact) mass is 968 g/mol. The predicted octanol–water partition coefficient (Wildman–Crippen LogP) is 14.9. The number of hydrogen-bond donors (Lipinski definition) is 0. The first-order chi connectivity index (χ1) is 37.5. The van der Waals surface area contributed by atoms with E-state index in [-0.39, 0.29) is 0 Å². The number of para-hydroxylation sites is 2. The van der Waals surface area contributed by atoms with Crippen LogP contribution in [0.4, 0.5) is 0 Å². The topological polar surface area (TPSA) is 157 Å². The smallest absolute Gasteiger partial charge is 0.164 e. The van der Waals surface area contributed by atoms with Crippen LogP contribution < -0.4 is 0 Å². The summed E-state index contributed by atoms with van der Waals surface area (Å²) in [6.07, 6.45) is 3.74. The first-order valence-corrected chi connectivity index (χ1v) is 24.4. The molecule has 10 heteroatoms. The Morgan fingerprint density at radius 2 is 0.763 bits per heavy atom.